The molecule has 0 spiro atoms. The topological polar surface area (TPSA) is 93.5 Å². The number of hydrogen-bond acceptors (Lipinski definition) is 7. The molecule has 1 N–H and O–H groups in total. The highest BCUT2D eigenvalue weighted by Gasteiger charge is 2.18. The predicted molar refractivity (Wildman–Crippen MR) is 108 cm³/mol. The summed E-state index contributed by atoms with van der Waals surface area (Å²) in [5.74, 6) is 1.62. The van der Waals surface area contributed by atoms with Crippen molar-refractivity contribution >= 4 is 22.4 Å². The Morgan fingerprint density at radius 3 is 2.72 bits per heavy atom. The van der Waals surface area contributed by atoms with Crippen molar-refractivity contribution < 1.29 is 19.0 Å². The van der Waals surface area contributed by atoms with Gasteiger partial charge in [-0.25, -0.2) is 4.98 Å². The minimum absolute atomic E-state index is 0.308. The SMILES string of the molecule is C[C@H](Oc1ccc(C#N)cc1)C(=O)Nc1nc(-c2ccc3c(c2)OCCO3)cs1. The van der Waals surface area contributed by atoms with E-state index in [1.807, 2.05) is 29.6 Å². The molecule has 1 atom stereocenters. The quantitative estimate of drug-likeness (QED) is 0.690. The summed E-state index contributed by atoms with van der Waals surface area (Å²) in [7, 11) is 0. The Morgan fingerprint density at radius 2 is 1.97 bits per heavy atom. The zero-order valence-electron chi connectivity index (χ0n) is 15.5. The van der Waals surface area contributed by atoms with Gasteiger partial charge in [0.15, 0.2) is 22.7 Å². The van der Waals surface area contributed by atoms with E-state index in [1.54, 1.807) is 31.2 Å². The van der Waals surface area contributed by atoms with Crippen LogP contribution in [0, 0.1) is 11.3 Å². The molecule has 0 unspecified atom stereocenters. The monoisotopic (exact) mass is 407 g/mol. The number of nitrogens with zero attached hydrogens (tertiary/aromatic N) is 2. The fourth-order valence-electron chi connectivity index (χ4n) is 2.74. The number of nitriles is 1. The van der Waals surface area contributed by atoms with Gasteiger partial charge in [0.1, 0.15) is 19.0 Å². The average molecular weight is 407 g/mol. The highest BCUT2D eigenvalue weighted by atomic mass is 32.1. The highest BCUT2D eigenvalue weighted by molar-refractivity contribution is 7.14. The van der Waals surface area contributed by atoms with E-state index >= 15 is 0 Å². The maximum absolute atomic E-state index is 12.4. The van der Waals surface area contributed by atoms with E-state index in [0.717, 1.165) is 17.0 Å². The van der Waals surface area contributed by atoms with Gasteiger partial charge in [0.25, 0.3) is 5.91 Å². The number of carbonyl (C=O) groups is 1. The van der Waals surface area contributed by atoms with Crippen molar-refractivity contribution in [1.82, 2.24) is 4.98 Å². The second-order valence-electron chi connectivity index (χ2n) is 6.28. The summed E-state index contributed by atoms with van der Waals surface area (Å²) in [6.07, 6.45) is -0.718. The number of amides is 1. The molecule has 146 valence electrons. The second-order valence-corrected chi connectivity index (χ2v) is 7.14. The minimum Gasteiger partial charge on any atom is -0.486 e. The van der Waals surface area contributed by atoms with Crippen molar-refractivity contribution in [2.75, 3.05) is 18.5 Å². The molecule has 2 aromatic carbocycles. The van der Waals surface area contributed by atoms with Crippen molar-refractivity contribution in [2.45, 2.75) is 13.0 Å². The van der Waals surface area contributed by atoms with Crippen LogP contribution in [0.1, 0.15) is 12.5 Å². The summed E-state index contributed by atoms with van der Waals surface area (Å²) in [5.41, 5.74) is 2.15. The Hall–Kier alpha value is -3.57. The standard InChI is InChI=1S/C21H17N3O4S/c1-13(28-16-5-2-14(11-22)3-6-16)20(25)24-21-23-17(12-29-21)15-4-7-18-19(10-15)27-9-8-26-18/h2-7,10,12-13H,8-9H2,1H3,(H,23,24,25)/t13-/m0/s1. The van der Waals surface area contributed by atoms with Crippen LogP contribution in [0.2, 0.25) is 0 Å². The van der Waals surface area contributed by atoms with Gasteiger partial charge in [0.05, 0.1) is 17.3 Å². The Morgan fingerprint density at radius 1 is 1.21 bits per heavy atom. The van der Waals surface area contributed by atoms with Gasteiger partial charge in [-0.2, -0.15) is 5.26 Å². The second kappa shape index (κ2) is 8.20. The van der Waals surface area contributed by atoms with Gasteiger partial charge in [-0.1, -0.05) is 0 Å². The van der Waals surface area contributed by atoms with Gasteiger partial charge in [-0.3, -0.25) is 10.1 Å². The molecule has 0 aliphatic carbocycles. The van der Waals surface area contributed by atoms with Gasteiger partial charge in [-0.15, -0.1) is 11.3 Å². The molecule has 1 aromatic heterocycles. The van der Waals surface area contributed by atoms with Crippen molar-refractivity contribution in [3.63, 3.8) is 0 Å². The summed E-state index contributed by atoms with van der Waals surface area (Å²) in [5, 5.41) is 14.0. The first kappa shape index (κ1) is 18.8. The molecule has 0 saturated heterocycles. The lowest BCUT2D eigenvalue weighted by Gasteiger charge is -2.18. The molecule has 0 saturated carbocycles. The van der Waals surface area contributed by atoms with Crippen LogP contribution >= 0.6 is 11.3 Å². The number of ether oxygens (including phenoxy) is 3. The van der Waals surface area contributed by atoms with E-state index in [2.05, 4.69) is 10.3 Å². The number of carbonyl (C=O) groups excluding carboxylic acids is 1. The van der Waals surface area contributed by atoms with E-state index in [4.69, 9.17) is 19.5 Å². The largest absolute Gasteiger partial charge is 0.486 e. The molecule has 1 aliphatic heterocycles. The van der Waals surface area contributed by atoms with Crippen LogP contribution in [0.25, 0.3) is 11.3 Å². The summed E-state index contributed by atoms with van der Waals surface area (Å²) >= 11 is 1.33. The molecule has 1 aliphatic rings. The van der Waals surface area contributed by atoms with Crippen LogP contribution < -0.4 is 19.5 Å². The fourth-order valence-corrected chi connectivity index (χ4v) is 3.46. The number of hydrogen-bond donors (Lipinski definition) is 1. The van der Waals surface area contributed by atoms with Crippen LogP contribution in [0.5, 0.6) is 17.2 Å². The first-order valence-corrected chi connectivity index (χ1v) is 9.83. The molecule has 0 bridgehead atoms. The van der Waals surface area contributed by atoms with E-state index in [9.17, 15) is 4.79 Å². The molecular weight excluding hydrogens is 390 g/mol. The normalized spacial score (nSPS) is 13.2. The van der Waals surface area contributed by atoms with Crippen LogP contribution in [0.15, 0.2) is 47.8 Å². The van der Waals surface area contributed by atoms with Crippen molar-refractivity contribution in [2.24, 2.45) is 0 Å². The molecule has 8 heteroatoms. The molecule has 1 amide bonds. The molecule has 29 heavy (non-hydrogen) atoms. The fraction of sp³-hybridized carbons (Fsp3) is 0.190. The average Bonchev–Trinajstić information content (AvgIpc) is 3.22. The van der Waals surface area contributed by atoms with Crippen LogP contribution in [0.3, 0.4) is 0 Å². The number of fused-ring (bicyclic) bond motifs is 1. The van der Waals surface area contributed by atoms with E-state index in [-0.39, 0.29) is 5.91 Å². The summed E-state index contributed by atoms with van der Waals surface area (Å²) in [6.45, 7) is 2.72. The van der Waals surface area contributed by atoms with Gasteiger partial charge in [0.2, 0.25) is 0 Å². The van der Waals surface area contributed by atoms with E-state index in [0.29, 0.717) is 35.4 Å². The lowest BCUT2D eigenvalue weighted by Crippen LogP contribution is -2.30. The van der Waals surface area contributed by atoms with Gasteiger partial charge >= 0.3 is 0 Å². The third kappa shape index (κ3) is 4.31. The first-order valence-electron chi connectivity index (χ1n) is 8.95. The zero-order valence-corrected chi connectivity index (χ0v) is 16.4. The maximum atomic E-state index is 12.4. The minimum atomic E-state index is -0.718. The molecule has 3 aromatic rings. The Labute approximate surface area is 171 Å². The third-order valence-corrected chi connectivity index (χ3v) is 5.00. The maximum Gasteiger partial charge on any atom is 0.266 e. The molecule has 2 heterocycles. The van der Waals surface area contributed by atoms with Gasteiger partial charge < -0.3 is 14.2 Å². The Kier molecular flexibility index (Phi) is 5.31. The van der Waals surface area contributed by atoms with Gasteiger partial charge in [0, 0.05) is 10.9 Å². The number of rotatable bonds is 5. The number of benzene rings is 2. The molecular formula is C21H17N3O4S. The molecule has 0 radical (unpaired) electrons. The third-order valence-electron chi connectivity index (χ3n) is 4.24. The Balaban J connectivity index is 1.40. The number of thiazole rings is 1. The van der Waals surface area contributed by atoms with E-state index < -0.39 is 6.10 Å². The van der Waals surface area contributed by atoms with E-state index in [1.165, 1.54) is 11.3 Å². The molecule has 4 rings (SSSR count). The number of nitrogens with one attached hydrogen (secondary N) is 1. The summed E-state index contributed by atoms with van der Waals surface area (Å²) in [6, 6.07) is 14.3. The number of aromatic nitrogens is 1. The lowest BCUT2D eigenvalue weighted by molar-refractivity contribution is -0.122. The smallest absolute Gasteiger partial charge is 0.266 e. The van der Waals surface area contributed by atoms with Crippen LogP contribution in [-0.2, 0) is 4.79 Å². The van der Waals surface area contributed by atoms with Crippen LogP contribution in [-0.4, -0.2) is 30.2 Å². The van der Waals surface area contributed by atoms with Crippen LogP contribution in [0.4, 0.5) is 5.13 Å². The Bertz CT molecular complexity index is 1070. The zero-order chi connectivity index (χ0) is 20.2. The van der Waals surface area contributed by atoms with Crippen molar-refractivity contribution in [1.29, 1.82) is 5.26 Å². The lowest BCUT2D eigenvalue weighted by atomic mass is 10.1. The summed E-state index contributed by atoms with van der Waals surface area (Å²) < 4.78 is 16.8. The first-order chi connectivity index (χ1) is 14.1. The predicted octanol–water partition coefficient (Wildman–Crippen LogP) is 3.86. The molecule has 7 nitrogen and oxygen atoms in total. The van der Waals surface area contributed by atoms with Gasteiger partial charge in [-0.05, 0) is 49.4 Å². The number of anilines is 1. The molecule has 0 fully saturated rings. The van der Waals surface area contributed by atoms with Crippen molar-refractivity contribution in [3.8, 4) is 34.6 Å². The summed E-state index contributed by atoms with van der Waals surface area (Å²) in [4.78, 5) is 16.9. The highest BCUT2D eigenvalue weighted by Crippen LogP contribution is 2.35. The van der Waals surface area contributed by atoms with Crippen molar-refractivity contribution in [3.05, 3.63) is 53.4 Å².